The van der Waals surface area contributed by atoms with Crippen LogP contribution in [0.2, 0.25) is 0 Å². The Bertz CT molecular complexity index is 942. The Labute approximate surface area is 173 Å². The van der Waals surface area contributed by atoms with E-state index in [9.17, 15) is 9.59 Å². The van der Waals surface area contributed by atoms with Crippen molar-refractivity contribution in [2.45, 2.75) is 19.3 Å². The summed E-state index contributed by atoms with van der Waals surface area (Å²) in [7, 11) is 1.64. The highest BCUT2D eigenvalue weighted by molar-refractivity contribution is 7.15. The number of hydrogen-bond acceptors (Lipinski definition) is 6. The lowest BCUT2D eigenvalue weighted by Gasteiger charge is -2.04. The number of hydrogen-bond donors (Lipinski definition) is 2. The minimum atomic E-state index is -0.212. The lowest BCUT2D eigenvalue weighted by Crippen LogP contribution is -2.27. The third-order valence-electron chi connectivity index (χ3n) is 4.17. The third kappa shape index (κ3) is 6.39. The predicted molar refractivity (Wildman–Crippen MR) is 112 cm³/mol. The van der Waals surface area contributed by atoms with E-state index in [-0.39, 0.29) is 24.8 Å². The number of aryl methyl sites for hydroxylation is 2. The molecule has 8 heteroatoms. The van der Waals surface area contributed by atoms with Gasteiger partial charge in [0.15, 0.2) is 0 Å². The topological polar surface area (TPSA) is 93.2 Å². The molecule has 3 rings (SSSR count). The van der Waals surface area contributed by atoms with E-state index in [1.807, 2.05) is 30.3 Å². The SMILES string of the molecule is COc1ccc(CCc2nnc(NC(=O)CCNC(=O)c3ccccc3)s2)cc1. The summed E-state index contributed by atoms with van der Waals surface area (Å²) in [6.45, 7) is 0.253. The molecule has 0 fully saturated rings. The molecule has 0 bridgehead atoms. The maximum absolute atomic E-state index is 12.0. The monoisotopic (exact) mass is 410 g/mol. The molecule has 2 aromatic carbocycles. The molecule has 0 unspecified atom stereocenters. The van der Waals surface area contributed by atoms with Crippen LogP contribution in [0.1, 0.15) is 27.3 Å². The molecule has 2 N–H and O–H groups in total. The maximum Gasteiger partial charge on any atom is 0.251 e. The van der Waals surface area contributed by atoms with Gasteiger partial charge in [0.2, 0.25) is 11.0 Å². The first kappa shape index (κ1) is 20.5. The van der Waals surface area contributed by atoms with Crippen LogP contribution in [0.3, 0.4) is 0 Å². The van der Waals surface area contributed by atoms with E-state index in [1.54, 1.807) is 31.4 Å². The van der Waals surface area contributed by atoms with Crippen molar-refractivity contribution in [2.75, 3.05) is 19.0 Å². The fourth-order valence-corrected chi connectivity index (χ4v) is 3.37. The molecule has 1 aromatic heterocycles. The maximum atomic E-state index is 12.0. The van der Waals surface area contributed by atoms with E-state index in [2.05, 4.69) is 20.8 Å². The van der Waals surface area contributed by atoms with Crippen LogP contribution in [-0.2, 0) is 17.6 Å². The largest absolute Gasteiger partial charge is 0.497 e. The Morgan fingerprint density at radius 2 is 1.76 bits per heavy atom. The van der Waals surface area contributed by atoms with Crippen molar-refractivity contribution in [3.05, 3.63) is 70.7 Å². The molecular weight excluding hydrogens is 388 g/mol. The number of benzene rings is 2. The summed E-state index contributed by atoms with van der Waals surface area (Å²) in [5.74, 6) is 0.418. The summed E-state index contributed by atoms with van der Waals surface area (Å²) >= 11 is 1.36. The Balaban J connectivity index is 1.39. The average Bonchev–Trinajstić information content (AvgIpc) is 3.20. The van der Waals surface area contributed by atoms with E-state index in [0.29, 0.717) is 10.7 Å². The second kappa shape index (κ2) is 10.3. The first-order chi connectivity index (χ1) is 14.1. The number of methoxy groups -OCH3 is 1. The van der Waals surface area contributed by atoms with Gasteiger partial charge in [-0.05, 0) is 36.2 Å². The zero-order valence-corrected chi connectivity index (χ0v) is 16.9. The second-order valence-electron chi connectivity index (χ2n) is 6.27. The standard InChI is InChI=1S/C21H22N4O3S/c1-28-17-10-7-15(8-11-17)9-12-19-24-25-21(29-19)23-18(26)13-14-22-20(27)16-5-3-2-4-6-16/h2-8,10-11H,9,12-14H2,1H3,(H,22,27)(H,23,25,26). The number of nitrogens with zero attached hydrogens (tertiary/aromatic N) is 2. The van der Waals surface area contributed by atoms with Crippen molar-refractivity contribution in [1.82, 2.24) is 15.5 Å². The number of carbonyl (C=O) groups excluding carboxylic acids is 2. The van der Waals surface area contributed by atoms with Crippen LogP contribution in [0.5, 0.6) is 5.75 Å². The van der Waals surface area contributed by atoms with E-state index in [4.69, 9.17) is 4.74 Å². The Hall–Kier alpha value is -3.26. The summed E-state index contributed by atoms with van der Waals surface area (Å²) in [6, 6.07) is 16.8. The van der Waals surface area contributed by atoms with E-state index in [1.165, 1.54) is 16.9 Å². The van der Waals surface area contributed by atoms with Crippen molar-refractivity contribution in [2.24, 2.45) is 0 Å². The quantitative estimate of drug-likeness (QED) is 0.565. The van der Waals surface area contributed by atoms with Gasteiger partial charge in [-0.1, -0.05) is 41.7 Å². The van der Waals surface area contributed by atoms with Gasteiger partial charge in [-0.3, -0.25) is 9.59 Å². The number of nitrogens with one attached hydrogen (secondary N) is 2. The van der Waals surface area contributed by atoms with Crippen LogP contribution < -0.4 is 15.4 Å². The van der Waals surface area contributed by atoms with Crippen molar-refractivity contribution in [3.8, 4) is 5.75 Å². The molecule has 0 aliphatic heterocycles. The van der Waals surface area contributed by atoms with Gasteiger partial charge in [0.05, 0.1) is 7.11 Å². The molecule has 0 atom stereocenters. The lowest BCUT2D eigenvalue weighted by atomic mass is 10.1. The van der Waals surface area contributed by atoms with Crippen LogP contribution in [-0.4, -0.2) is 35.7 Å². The van der Waals surface area contributed by atoms with Crippen molar-refractivity contribution < 1.29 is 14.3 Å². The molecule has 0 aliphatic carbocycles. The molecule has 150 valence electrons. The molecule has 0 radical (unpaired) electrons. The van der Waals surface area contributed by atoms with Crippen molar-refractivity contribution in [1.29, 1.82) is 0 Å². The minimum Gasteiger partial charge on any atom is -0.497 e. The zero-order chi connectivity index (χ0) is 20.5. The highest BCUT2D eigenvalue weighted by Gasteiger charge is 2.10. The van der Waals surface area contributed by atoms with Gasteiger partial charge >= 0.3 is 0 Å². The molecule has 1 heterocycles. The number of anilines is 1. The van der Waals surface area contributed by atoms with Gasteiger partial charge in [-0.25, -0.2) is 0 Å². The second-order valence-corrected chi connectivity index (χ2v) is 7.33. The van der Waals surface area contributed by atoms with Gasteiger partial charge in [-0.15, -0.1) is 10.2 Å². The first-order valence-corrected chi connectivity index (χ1v) is 10.0. The smallest absolute Gasteiger partial charge is 0.251 e. The zero-order valence-electron chi connectivity index (χ0n) is 16.1. The Morgan fingerprint density at radius 3 is 2.48 bits per heavy atom. The molecule has 0 saturated heterocycles. The van der Waals surface area contributed by atoms with E-state index < -0.39 is 0 Å². The van der Waals surface area contributed by atoms with Gasteiger partial charge in [-0.2, -0.15) is 0 Å². The Morgan fingerprint density at radius 1 is 1.00 bits per heavy atom. The predicted octanol–water partition coefficient (Wildman–Crippen LogP) is 3.09. The van der Waals surface area contributed by atoms with Gasteiger partial charge < -0.3 is 15.4 Å². The molecule has 7 nitrogen and oxygen atoms in total. The summed E-state index contributed by atoms with van der Waals surface area (Å²) in [5, 5.41) is 14.9. The summed E-state index contributed by atoms with van der Waals surface area (Å²) in [5.41, 5.74) is 1.75. The fraction of sp³-hybridized carbons (Fsp3) is 0.238. The highest BCUT2D eigenvalue weighted by atomic mass is 32.1. The van der Waals surface area contributed by atoms with Gasteiger partial charge in [0, 0.05) is 24.9 Å². The molecule has 0 spiro atoms. The third-order valence-corrected chi connectivity index (χ3v) is 5.07. The lowest BCUT2D eigenvalue weighted by molar-refractivity contribution is -0.116. The van der Waals surface area contributed by atoms with E-state index >= 15 is 0 Å². The Kier molecular flexibility index (Phi) is 7.29. The fourth-order valence-electron chi connectivity index (χ4n) is 2.61. The molecule has 3 aromatic rings. The number of ether oxygens (including phenoxy) is 1. The summed E-state index contributed by atoms with van der Waals surface area (Å²) < 4.78 is 5.15. The normalized spacial score (nSPS) is 10.4. The molecule has 29 heavy (non-hydrogen) atoms. The van der Waals surface area contributed by atoms with Crippen molar-refractivity contribution >= 4 is 28.3 Å². The number of rotatable bonds is 9. The summed E-state index contributed by atoms with van der Waals surface area (Å²) in [6.07, 6.45) is 1.74. The number of amides is 2. The van der Waals surface area contributed by atoms with Crippen LogP contribution >= 0.6 is 11.3 Å². The van der Waals surface area contributed by atoms with E-state index in [0.717, 1.165) is 23.6 Å². The molecule has 2 amide bonds. The highest BCUT2D eigenvalue weighted by Crippen LogP contribution is 2.18. The van der Waals surface area contributed by atoms with Gasteiger partial charge in [0.25, 0.3) is 5.91 Å². The molecular formula is C21H22N4O3S. The van der Waals surface area contributed by atoms with Crippen LogP contribution in [0.25, 0.3) is 0 Å². The van der Waals surface area contributed by atoms with Crippen LogP contribution in [0, 0.1) is 0 Å². The number of aromatic nitrogens is 2. The first-order valence-electron chi connectivity index (χ1n) is 9.22. The molecule has 0 saturated carbocycles. The number of carbonyl (C=O) groups is 2. The summed E-state index contributed by atoms with van der Waals surface area (Å²) in [4.78, 5) is 24.0. The van der Waals surface area contributed by atoms with Crippen LogP contribution in [0.4, 0.5) is 5.13 Å². The van der Waals surface area contributed by atoms with Crippen molar-refractivity contribution in [3.63, 3.8) is 0 Å². The molecule has 0 aliphatic rings. The van der Waals surface area contributed by atoms with Crippen LogP contribution in [0.15, 0.2) is 54.6 Å². The average molecular weight is 410 g/mol. The minimum absolute atomic E-state index is 0.166. The van der Waals surface area contributed by atoms with Gasteiger partial charge in [0.1, 0.15) is 10.8 Å².